The molecule has 0 saturated carbocycles. The smallest absolute Gasteiger partial charge is 0.287 e. The van der Waals surface area contributed by atoms with Crippen molar-refractivity contribution in [2.45, 2.75) is 19.8 Å². The number of nitrogens with zero attached hydrogens (tertiary/aromatic N) is 3. The highest BCUT2D eigenvalue weighted by atomic mass is 16.3. The fraction of sp³-hybridized carbons (Fsp3) is 0.412. The van der Waals surface area contributed by atoms with E-state index >= 15 is 0 Å². The lowest BCUT2D eigenvalue weighted by Crippen LogP contribution is -2.41. The van der Waals surface area contributed by atoms with Gasteiger partial charge in [0.25, 0.3) is 5.91 Å². The van der Waals surface area contributed by atoms with E-state index in [4.69, 9.17) is 4.42 Å². The van der Waals surface area contributed by atoms with Crippen LogP contribution in [-0.4, -0.2) is 35.5 Å². The quantitative estimate of drug-likeness (QED) is 0.912. The van der Waals surface area contributed by atoms with Crippen molar-refractivity contribution in [1.29, 1.82) is 0 Å². The van der Waals surface area contributed by atoms with Crippen molar-refractivity contribution >= 4 is 11.9 Å². The Bertz CT molecular complexity index is 760. The zero-order valence-corrected chi connectivity index (χ0v) is 13.6. The Balaban J connectivity index is 1.58. The number of hydrogen-bond donors (Lipinski definition) is 1. The molecule has 1 fully saturated rings. The summed E-state index contributed by atoms with van der Waals surface area (Å²) < 4.78 is 5.31. The maximum absolute atomic E-state index is 12.2. The van der Waals surface area contributed by atoms with Crippen LogP contribution in [0.2, 0.25) is 0 Å². The van der Waals surface area contributed by atoms with Crippen LogP contribution in [0.1, 0.15) is 29.2 Å². The molecule has 3 heterocycles. The Hall–Kier alpha value is -2.70. The standard InChI is InChI=1S/C17H20N4O3/c1-12-8-14(22)9-15(24-12)16(23)20-10-13-4-2-7-21(11-13)17-18-5-3-6-19-17/h3,5-6,8-9,13H,2,4,7,10-11H2,1H3,(H,20,23)/t13-/m1/s1. The zero-order valence-electron chi connectivity index (χ0n) is 13.6. The maximum Gasteiger partial charge on any atom is 0.287 e. The first-order chi connectivity index (χ1) is 11.6. The number of aromatic nitrogens is 2. The van der Waals surface area contributed by atoms with E-state index in [0.29, 0.717) is 18.2 Å². The average molecular weight is 328 g/mol. The zero-order chi connectivity index (χ0) is 16.9. The molecule has 1 aliphatic heterocycles. The molecule has 24 heavy (non-hydrogen) atoms. The topological polar surface area (TPSA) is 88.3 Å². The molecule has 0 aromatic carbocycles. The summed E-state index contributed by atoms with van der Waals surface area (Å²) in [6.45, 7) is 3.89. The molecule has 1 amide bonds. The second kappa shape index (κ2) is 7.25. The molecule has 0 aliphatic carbocycles. The lowest BCUT2D eigenvalue weighted by Gasteiger charge is -2.32. The first kappa shape index (κ1) is 16.2. The summed E-state index contributed by atoms with van der Waals surface area (Å²) in [6, 6.07) is 4.36. The highest BCUT2D eigenvalue weighted by Crippen LogP contribution is 2.19. The molecular formula is C17H20N4O3. The van der Waals surface area contributed by atoms with Gasteiger partial charge in [-0.05, 0) is 31.7 Å². The van der Waals surface area contributed by atoms with Gasteiger partial charge in [0, 0.05) is 44.2 Å². The summed E-state index contributed by atoms with van der Waals surface area (Å²) in [5.74, 6) is 1.15. The molecule has 1 N–H and O–H groups in total. The fourth-order valence-electron chi connectivity index (χ4n) is 2.91. The SMILES string of the molecule is Cc1cc(=O)cc(C(=O)NC[C@H]2CCCN(c3ncccn3)C2)o1. The minimum atomic E-state index is -0.358. The van der Waals surface area contributed by atoms with Crippen LogP contribution in [0.4, 0.5) is 5.95 Å². The van der Waals surface area contributed by atoms with Gasteiger partial charge in [-0.3, -0.25) is 9.59 Å². The number of rotatable bonds is 4. The number of piperidine rings is 1. The number of carbonyl (C=O) groups is 1. The molecule has 0 radical (unpaired) electrons. The van der Waals surface area contributed by atoms with E-state index in [-0.39, 0.29) is 17.1 Å². The summed E-state index contributed by atoms with van der Waals surface area (Å²) in [5, 5.41) is 2.86. The Labute approximate surface area is 139 Å². The number of amides is 1. The van der Waals surface area contributed by atoms with Gasteiger partial charge in [-0.1, -0.05) is 0 Å². The summed E-state index contributed by atoms with van der Waals surface area (Å²) >= 11 is 0. The van der Waals surface area contributed by atoms with Crippen LogP contribution >= 0.6 is 0 Å². The van der Waals surface area contributed by atoms with Crippen LogP contribution in [0, 0.1) is 12.8 Å². The second-order valence-corrected chi connectivity index (χ2v) is 5.98. The van der Waals surface area contributed by atoms with E-state index in [2.05, 4.69) is 20.2 Å². The highest BCUT2D eigenvalue weighted by molar-refractivity contribution is 5.91. The van der Waals surface area contributed by atoms with E-state index in [9.17, 15) is 9.59 Å². The summed E-state index contributed by atoms with van der Waals surface area (Å²) in [5.41, 5.74) is -0.228. The van der Waals surface area contributed by atoms with Gasteiger partial charge in [0.2, 0.25) is 5.95 Å². The predicted octanol–water partition coefficient (Wildman–Crippen LogP) is 1.38. The van der Waals surface area contributed by atoms with Crippen LogP contribution in [0.3, 0.4) is 0 Å². The van der Waals surface area contributed by atoms with Crippen molar-refractivity contribution in [3.63, 3.8) is 0 Å². The minimum Gasteiger partial charge on any atom is -0.456 e. The van der Waals surface area contributed by atoms with Crippen molar-refractivity contribution in [3.8, 4) is 0 Å². The molecule has 1 atom stereocenters. The maximum atomic E-state index is 12.2. The van der Waals surface area contributed by atoms with Crippen LogP contribution in [0.25, 0.3) is 0 Å². The Morgan fingerprint density at radius 2 is 2.17 bits per heavy atom. The normalized spacial score (nSPS) is 17.5. The van der Waals surface area contributed by atoms with E-state index in [1.54, 1.807) is 25.4 Å². The molecule has 1 saturated heterocycles. The third kappa shape index (κ3) is 3.98. The van der Waals surface area contributed by atoms with Gasteiger partial charge >= 0.3 is 0 Å². The number of anilines is 1. The number of carbonyl (C=O) groups excluding carboxylic acids is 1. The molecule has 1 aliphatic rings. The van der Waals surface area contributed by atoms with E-state index in [0.717, 1.165) is 31.9 Å². The molecule has 7 nitrogen and oxygen atoms in total. The van der Waals surface area contributed by atoms with Gasteiger partial charge in [0.1, 0.15) is 5.76 Å². The van der Waals surface area contributed by atoms with Crippen LogP contribution in [0.15, 0.2) is 39.8 Å². The molecule has 0 bridgehead atoms. The molecular weight excluding hydrogens is 308 g/mol. The average Bonchev–Trinajstić information content (AvgIpc) is 2.60. The Morgan fingerprint density at radius 1 is 1.38 bits per heavy atom. The largest absolute Gasteiger partial charge is 0.456 e. The molecule has 3 rings (SSSR count). The van der Waals surface area contributed by atoms with Crippen LogP contribution in [0.5, 0.6) is 0 Å². The number of hydrogen-bond acceptors (Lipinski definition) is 6. The summed E-state index contributed by atoms with van der Waals surface area (Å²) in [6.07, 6.45) is 5.51. The number of aryl methyl sites for hydroxylation is 1. The van der Waals surface area contributed by atoms with Gasteiger partial charge in [-0.2, -0.15) is 0 Å². The molecule has 0 unspecified atom stereocenters. The van der Waals surface area contributed by atoms with E-state index in [1.807, 2.05) is 0 Å². The van der Waals surface area contributed by atoms with Crippen molar-refractivity contribution < 1.29 is 9.21 Å². The predicted molar refractivity (Wildman–Crippen MR) is 89.0 cm³/mol. The van der Waals surface area contributed by atoms with Gasteiger partial charge in [0.15, 0.2) is 11.2 Å². The van der Waals surface area contributed by atoms with Crippen molar-refractivity contribution in [3.05, 3.63) is 52.3 Å². The molecule has 2 aromatic heterocycles. The summed E-state index contributed by atoms with van der Waals surface area (Å²) in [4.78, 5) is 34.3. The van der Waals surface area contributed by atoms with Crippen LogP contribution < -0.4 is 15.6 Å². The molecule has 2 aromatic rings. The Kier molecular flexibility index (Phi) is 4.88. The third-order valence-corrected chi connectivity index (χ3v) is 4.02. The van der Waals surface area contributed by atoms with E-state index < -0.39 is 0 Å². The lowest BCUT2D eigenvalue weighted by molar-refractivity contribution is 0.0913. The molecule has 0 spiro atoms. The van der Waals surface area contributed by atoms with Crippen molar-refractivity contribution in [2.75, 3.05) is 24.5 Å². The fourth-order valence-corrected chi connectivity index (χ4v) is 2.91. The molecule has 126 valence electrons. The van der Waals surface area contributed by atoms with Crippen molar-refractivity contribution in [2.24, 2.45) is 5.92 Å². The summed E-state index contributed by atoms with van der Waals surface area (Å²) in [7, 11) is 0. The third-order valence-electron chi connectivity index (χ3n) is 4.02. The van der Waals surface area contributed by atoms with Gasteiger partial charge in [0.05, 0.1) is 0 Å². The Morgan fingerprint density at radius 3 is 2.92 bits per heavy atom. The number of nitrogens with one attached hydrogen (secondary N) is 1. The molecule has 7 heteroatoms. The van der Waals surface area contributed by atoms with Crippen LogP contribution in [-0.2, 0) is 0 Å². The first-order valence-corrected chi connectivity index (χ1v) is 8.04. The highest BCUT2D eigenvalue weighted by Gasteiger charge is 2.22. The van der Waals surface area contributed by atoms with Gasteiger partial charge in [-0.25, -0.2) is 9.97 Å². The monoisotopic (exact) mass is 328 g/mol. The van der Waals surface area contributed by atoms with Gasteiger partial charge in [-0.15, -0.1) is 0 Å². The van der Waals surface area contributed by atoms with Gasteiger partial charge < -0.3 is 14.6 Å². The minimum absolute atomic E-state index is 0.0547. The first-order valence-electron chi connectivity index (χ1n) is 8.04. The van der Waals surface area contributed by atoms with Crippen molar-refractivity contribution in [1.82, 2.24) is 15.3 Å². The van der Waals surface area contributed by atoms with E-state index in [1.165, 1.54) is 12.1 Å². The second-order valence-electron chi connectivity index (χ2n) is 5.98. The lowest BCUT2D eigenvalue weighted by atomic mass is 9.98.